The molecule has 172 valence electrons. The minimum Gasteiger partial charge on any atom is -0.520 e. The SMILES string of the molecule is CCCCCCCCCCCCCCO[Si](CC)(CC)Oc1cccc([N+](=O)[O-])c1. The Kier molecular flexibility index (Phi) is 14.5. The first kappa shape index (κ1) is 26.6. The van der Waals surface area contributed by atoms with Gasteiger partial charge in [0.1, 0.15) is 5.75 Å². The molecule has 0 amide bonds. The lowest BCUT2D eigenvalue weighted by molar-refractivity contribution is -0.384. The Balaban J connectivity index is 2.21. The highest BCUT2D eigenvalue weighted by atomic mass is 28.4. The molecule has 1 aromatic carbocycles. The van der Waals surface area contributed by atoms with Crippen LogP contribution >= 0.6 is 0 Å². The van der Waals surface area contributed by atoms with Gasteiger partial charge in [-0.2, -0.15) is 0 Å². The van der Waals surface area contributed by atoms with Gasteiger partial charge in [-0.25, -0.2) is 0 Å². The third-order valence-corrected chi connectivity index (χ3v) is 9.27. The van der Waals surface area contributed by atoms with Crippen LogP contribution in [0.25, 0.3) is 0 Å². The zero-order valence-electron chi connectivity index (χ0n) is 19.5. The van der Waals surface area contributed by atoms with E-state index in [0.717, 1.165) is 25.1 Å². The molecule has 0 spiro atoms. The smallest absolute Gasteiger partial charge is 0.398 e. The first-order chi connectivity index (χ1) is 14.6. The van der Waals surface area contributed by atoms with Crippen LogP contribution in [-0.4, -0.2) is 20.1 Å². The molecule has 0 saturated carbocycles. The largest absolute Gasteiger partial charge is 0.520 e. The lowest BCUT2D eigenvalue weighted by atomic mass is 10.1. The van der Waals surface area contributed by atoms with Crippen LogP contribution < -0.4 is 4.43 Å². The van der Waals surface area contributed by atoms with E-state index >= 15 is 0 Å². The molecule has 0 aliphatic carbocycles. The molecule has 0 aliphatic rings. The first-order valence-electron chi connectivity index (χ1n) is 12.1. The number of hydrogen-bond acceptors (Lipinski definition) is 4. The third kappa shape index (κ3) is 11.1. The van der Waals surface area contributed by atoms with Crippen molar-refractivity contribution < 1.29 is 13.8 Å². The van der Waals surface area contributed by atoms with Crippen molar-refractivity contribution in [3.05, 3.63) is 34.4 Å². The zero-order chi connectivity index (χ0) is 22.1. The van der Waals surface area contributed by atoms with E-state index in [2.05, 4.69) is 20.8 Å². The second-order valence-corrected chi connectivity index (χ2v) is 11.9. The predicted molar refractivity (Wildman–Crippen MR) is 127 cm³/mol. The van der Waals surface area contributed by atoms with Gasteiger partial charge in [-0.1, -0.05) is 97.5 Å². The van der Waals surface area contributed by atoms with Gasteiger partial charge in [0.15, 0.2) is 0 Å². The highest BCUT2D eigenvalue weighted by molar-refractivity contribution is 6.68. The van der Waals surface area contributed by atoms with Gasteiger partial charge in [-0.05, 0) is 24.6 Å². The van der Waals surface area contributed by atoms with Crippen LogP contribution in [0.4, 0.5) is 5.69 Å². The number of nitrogens with zero attached hydrogens (tertiary/aromatic N) is 1. The van der Waals surface area contributed by atoms with Crippen molar-refractivity contribution in [1.82, 2.24) is 0 Å². The quantitative estimate of drug-likeness (QED) is 0.0947. The van der Waals surface area contributed by atoms with Gasteiger partial charge in [-0.3, -0.25) is 10.1 Å². The van der Waals surface area contributed by atoms with Gasteiger partial charge >= 0.3 is 8.56 Å². The summed E-state index contributed by atoms with van der Waals surface area (Å²) in [7, 11) is -2.36. The molecular weight excluding hydrogens is 394 g/mol. The topological polar surface area (TPSA) is 61.6 Å². The van der Waals surface area contributed by atoms with Gasteiger partial charge in [0.2, 0.25) is 0 Å². The van der Waals surface area contributed by atoms with Crippen molar-refractivity contribution in [2.75, 3.05) is 6.61 Å². The summed E-state index contributed by atoms with van der Waals surface area (Å²) in [5, 5.41) is 11.0. The maximum Gasteiger partial charge on any atom is 0.398 e. The molecule has 1 rings (SSSR count). The number of unbranched alkanes of at least 4 members (excludes halogenated alkanes) is 11. The van der Waals surface area contributed by atoms with Crippen molar-refractivity contribution in [2.24, 2.45) is 0 Å². The molecule has 0 saturated heterocycles. The fourth-order valence-electron chi connectivity index (χ4n) is 3.70. The molecule has 6 heteroatoms. The molecule has 0 N–H and O–H groups in total. The number of rotatable bonds is 19. The highest BCUT2D eigenvalue weighted by Crippen LogP contribution is 2.26. The van der Waals surface area contributed by atoms with Crippen molar-refractivity contribution in [2.45, 2.75) is 110 Å². The van der Waals surface area contributed by atoms with E-state index < -0.39 is 8.56 Å². The Bertz CT molecular complexity index is 578. The monoisotopic (exact) mass is 437 g/mol. The van der Waals surface area contributed by atoms with Gasteiger partial charge in [0.05, 0.1) is 11.0 Å². The number of non-ortho nitro benzene ring substituents is 1. The fourth-order valence-corrected chi connectivity index (χ4v) is 6.03. The Labute approximate surface area is 185 Å². The van der Waals surface area contributed by atoms with Crippen LogP contribution in [-0.2, 0) is 4.43 Å². The predicted octanol–water partition coefficient (Wildman–Crippen LogP) is 8.17. The van der Waals surface area contributed by atoms with Gasteiger partial charge < -0.3 is 8.85 Å². The van der Waals surface area contributed by atoms with Crippen LogP contribution in [0.5, 0.6) is 5.75 Å². The second-order valence-electron chi connectivity index (χ2n) is 8.21. The van der Waals surface area contributed by atoms with Crippen molar-refractivity contribution in [1.29, 1.82) is 0 Å². The Morgan fingerprint density at radius 1 is 0.833 bits per heavy atom. The number of hydrogen-bond donors (Lipinski definition) is 0. The van der Waals surface area contributed by atoms with Crippen LogP contribution in [0.1, 0.15) is 97.8 Å². The Morgan fingerprint density at radius 3 is 1.87 bits per heavy atom. The molecule has 0 unspecified atom stereocenters. The van der Waals surface area contributed by atoms with Crippen molar-refractivity contribution >= 4 is 14.2 Å². The minimum atomic E-state index is -2.36. The Hall–Kier alpha value is -1.40. The third-order valence-electron chi connectivity index (χ3n) is 5.77. The van der Waals surface area contributed by atoms with E-state index in [-0.39, 0.29) is 10.6 Å². The lowest BCUT2D eigenvalue weighted by Gasteiger charge is -2.29. The summed E-state index contributed by atoms with van der Waals surface area (Å²) in [6, 6.07) is 8.12. The summed E-state index contributed by atoms with van der Waals surface area (Å²) in [6.07, 6.45) is 15.9. The van der Waals surface area contributed by atoms with E-state index in [4.69, 9.17) is 8.85 Å². The van der Waals surface area contributed by atoms with E-state index in [0.29, 0.717) is 5.75 Å². The van der Waals surface area contributed by atoms with E-state index in [1.807, 2.05) is 0 Å². The number of benzene rings is 1. The van der Waals surface area contributed by atoms with E-state index in [1.54, 1.807) is 12.1 Å². The summed E-state index contributed by atoms with van der Waals surface area (Å²) in [6.45, 7) is 7.17. The fraction of sp³-hybridized carbons (Fsp3) is 0.750. The first-order valence-corrected chi connectivity index (χ1v) is 14.4. The summed E-state index contributed by atoms with van der Waals surface area (Å²) in [5.41, 5.74) is 0.0589. The molecule has 0 fully saturated rings. The standard InChI is InChI=1S/C24H43NO4Si/c1-4-7-8-9-10-11-12-13-14-15-16-17-21-28-30(5-2,6-3)29-24-20-18-19-23(22-24)25(26)27/h18-20,22H,4-17,21H2,1-3H3. The van der Waals surface area contributed by atoms with Crippen molar-refractivity contribution in [3.8, 4) is 5.75 Å². The molecule has 5 nitrogen and oxygen atoms in total. The van der Waals surface area contributed by atoms with Crippen molar-refractivity contribution in [3.63, 3.8) is 0 Å². The van der Waals surface area contributed by atoms with E-state index in [1.165, 1.54) is 82.8 Å². The van der Waals surface area contributed by atoms with Crippen LogP contribution in [0, 0.1) is 10.1 Å². The molecule has 0 heterocycles. The molecule has 1 aromatic rings. The summed E-state index contributed by atoms with van der Waals surface area (Å²) < 4.78 is 12.5. The average Bonchev–Trinajstić information content (AvgIpc) is 2.76. The van der Waals surface area contributed by atoms with Gasteiger partial charge in [0.25, 0.3) is 5.69 Å². The van der Waals surface area contributed by atoms with Crippen LogP contribution in [0.3, 0.4) is 0 Å². The zero-order valence-corrected chi connectivity index (χ0v) is 20.5. The lowest BCUT2D eigenvalue weighted by Crippen LogP contribution is -2.44. The minimum absolute atomic E-state index is 0.0589. The highest BCUT2D eigenvalue weighted by Gasteiger charge is 2.36. The normalized spacial score (nSPS) is 11.6. The maximum absolute atomic E-state index is 11.0. The molecule has 0 atom stereocenters. The molecule has 0 aromatic heterocycles. The van der Waals surface area contributed by atoms with Gasteiger partial charge in [0, 0.05) is 12.7 Å². The molecule has 0 radical (unpaired) electrons. The summed E-state index contributed by atoms with van der Waals surface area (Å²) in [4.78, 5) is 10.6. The average molecular weight is 438 g/mol. The molecule has 0 aliphatic heterocycles. The molecular formula is C24H43NO4Si. The van der Waals surface area contributed by atoms with E-state index in [9.17, 15) is 10.1 Å². The summed E-state index contributed by atoms with van der Waals surface area (Å²) in [5.74, 6) is 0.550. The maximum atomic E-state index is 11.0. The second kappa shape index (κ2) is 16.3. The van der Waals surface area contributed by atoms with Crippen LogP contribution in [0.15, 0.2) is 24.3 Å². The number of nitro groups is 1. The van der Waals surface area contributed by atoms with Gasteiger partial charge in [-0.15, -0.1) is 0 Å². The van der Waals surface area contributed by atoms with Crippen LogP contribution in [0.2, 0.25) is 12.1 Å². The number of nitro benzene ring substituents is 1. The molecule has 30 heavy (non-hydrogen) atoms. The molecule has 0 bridgehead atoms. The Morgan fingerprint density at radius 2 is 1.37 bits per heavy atom. The summed E-state index contributed by atoms with van der Waals surface area (Å²) >= 11 is 0.